The van der Waals surface area contributed by atoms with Crippen molar-refractivity contribution >= 4 is 5.91 Å². The van der Waals surface area contributed by atoms with Gasteiger partial charge in [-0.1, -0.05) is 0 Å². The highest BCUT2D eigenvalue weighted by Gasteiger charge is 2.21. The second-order valence-corrected chi connectivity index (χ2v) is 5.39. The SMILES string of the molecule is COCCN(CC(=O)n1oc(C)cc1=O)CC1CCCN1. The summed E-state index contributed by atoms with van der Waals surface area (Å²) >= 11 is 0. The topological polar surface area (TPSA) is 76.7 Å². The standard InChI is InChI=1S/C14H23N3O4/c1-11-8-13(18)17(21-11)14(19)10-16(6-7-20-2)9-12-4-3-5-15-12/h8,12,15H,3-7,9-10H2,1-2H3. The van der Waals surface area contributed by atoms with E-state index in [1.165, 1.54) is 6.07 Å². The van der Waals surface area contributed by atoms with Crippen LogP contribution in [0.15, 0.2) is 15.4 Å². The van der Waals surface area contributed by atoms with E-state index < -0.39 is 5.56 Å². The summed E-state index contributed by atoms with van der Waals surface area (Å²) in [6.45, 7) is 4.78. The van der Waals surface area contributed by atoms with Crippen molar-refractivity contribution in [2.45, 2.75) is 25.8 Å². The molecule has 1 unspecified atom stereocenters. The average Bonchev–Trinajstić information content (AvgIpc) is 3.05. The van der Waals surface area contributed by atoms with E-state index in [-0.39, 0.29) is 12.5 Å². The highest BCUT2D eigenvalue weighted by Crippen LogP contribution is 2.07. The Morgan fingerprint density at radius 1 is 1.62 bits per heavy atom. The maximum absolute atomic E-state index is 12.2. The molecule has 0 aromatic carbocycles. The molecule has 0 bridgehead atoms. The number of carbonyl (C=O) groups excluding carboxylic acids is 1. The third-order valence-corrected chi connectivity index (χ3v) is 3.60. The van der Waals surface area contributed by atoms with Crippen LogP contribution < -0.4 is 10.9 Å². The summed E-state index contributed by atoms with van der Waals surface area (Å²) in [6, 6.07) is 1.71. The Bertz CT molecular complexity index is 517. The normalized spacial score (nSPS) is 18.5. The van der Waals surface area contributed by atoms with Crippen molar-refractivity contribution in [1.29, 1.82) is 0 Å². The summed E-state index contributed by atoms with van der Waals surface area (Å²) in [5, 5.41) is 3.41. The minimum absolute atomic E-state index is 0.147. The van der Waals surface area contributed by atoms with Crippen molar-refractivity contribution in [2.75, 3.05) is 39.9 Å². The molecule has 2 rings (SSSR count). The van der Waals surface area contributed by atoms with E-state index in [1.54, 1.807) is 14.0 Å². The quantitative estimate of drug-likeness (QED) is 0.768. The summed E-state index contributed by atoms with van der Waals surface area (Å²) in [5.74, 6) is 0.0939. The van der Waals surface area contributed by atoms with E-state index in [4.69, 9.17) is 9.26 Å². The number of nitrogens with one attached hydrogen (secondary N) is 1. The fraction of sp³-hybridized carbons (Fsp3) is 0.714. The van der Waals surface area contributed by atoms with Crippen LogP contribution in [0, 0.1) is 6.92 Å². The molecule has 118 valence electrons. The average molecular weight is 297 g/mol. The molecule has 7 heteroatoms. The van der Waals surface area contributed by atoms with E-state index in [1.807, 2.05) is 4.90 Å². The predicted octanol–water partition coefficient (Wildman–Crippen LogP) is 0.0903. The Kier molecular flexibility index (Phi) is 5.72. The zero-order valence-corrected chi connectivity index (χ0v) is 12.6. The van der Waals surface area contributed by atoms with Crippen LogP contribution in [-0.2, 0) is 4.74 Å². The highest BCUT2D eigenvalue weighted by molar-refractivity contribution is 5.79. The van der Waals surface area contributed by atoms with Gasteiger partial charge >= 0.3 is 0 Å². The fourth-order valence-corrected chi connectivity index (χ4v) is 2.56. The number of aryl methyl sites for hydroxylation is 1. The minimum Gasteiger partial charge on any atom is -0.383 e. The largest absolute Gasteiger partial charge is 0.383 e. The van der Waals surface area contributed by atoms with Crippen LogP contribution >= 0.6 is 0 Å². The van der Waals surface area contributed by atoms with Crippen LogP contribution in [0.2, 0.25) is 0 Å². The molecule has 1 N–H and O–H groups in total. The van der Waals surface area contributed by atoms with Crippen LogP contribution in [-0.4, -0.2) is 61.5 Å². The van der Waals surface area contributed by atoms with Crippen LogP contribution in [0.5, 0.6) is 0 Å². The van der Waals surface area contributed by atoms with E-state index in [2.05, 4.69) is 5.32 Å². The van der Waals surface area contributed by atoms with Gasteiger partial charge in [-0.3, -0.25) is 14.5 Å². The lowest BCUT2D eigenvalue weighted by Crippen LogP contribution is -2.43. The van der Waals surface area contributed by atoms with Gasteiger partial charge in [-0.2, -0.15) is 0 Å². The van der Waals surface area contributed by atoms with Gasteiger partial charge in [0.25, 0.3) is 11.5 Å². The number of hydrogen-bond acceptors (Lipinski definition) is 6. The minimum atomic E-state index is -0.414. The van der Waals surface area contributed by atoms with Crippen LogP contribution in [0.25, 0.3) is 0 Å². The Morgan fingerprint density at radius 2 is 2.43 bits per heavy atom. The number of methoxy groups -OCH3 is 1. The van der Waals surface area contributed by atoms with Crippen molar-refractivity contribution in [3.05, 3.63) is 22.2 Å². The van der Waals surface area contributed by atoms with E-state index in [0.29, 0.717) is 25.0 Å². The Morgan fingerprint density at radius 3 is 3.00 bits per heavy atom. The number of ether oxygens (including phenoxy) is 1. The van der Waals surface area contributed by atoms with Gasteiger partial charge in [-0.15, -0.1) is 4.74 Å². The van der Waals surface area contributed by atoms with Crippen molar-refractivity contribution < 1.29 is 14.1 Å². The van der Waals surface area contributed by atoms with Gasteiger partial charge < -0.3 is 14.6 Å². The van der Waals surface area contributed by atoms with Gasteiger partial charge in [-0.25, -0.2) is 0 Å². The number of carbonyl (C=O) groups is 1. The van der Waals surface area contributed by atoms with Gasteiger partial charge in [0.05, 0.1) is 13.2 Å². The summed E-state index contributed by atoms with van der Waals surface area (Å²) in [7, 11) is 1.63. The maximum atomic E-state index is 12.2. The molecule has 21 heavy (non-hydrogen) atoms. The summed E-state index contributed by atoms with van der Waals surface area (Å²) in [5.41, 5.74) is -0.414. The molecule has 1 fully saturated rings. The number of nitrogens with zero attached hydrogens (tertiary/aromatic N) is 2. The lowest BCUT2D eigenvalue weighted by Gasteiger charge is -2.24. The first-order valence-corrected chi connectivity index (χ1v) is 7.28. The Balaban J connectivity index is 1.97. The molecule has 7 nitrogen and oxygen atoms in total. The van der Waals surface area contributed by atoms with Gasteiger partial charge in [0.1, 0.15) is 5.76 Å². The van der Waals surface area contributed by atoms with Crippen molar-refractivity contribution in [3.63, 3.8) is 0 Å². The second kappa shape index (κ2) is 7.53. The van der Waals surface area contributed by atoms with E-state index in [9.17, 15) is 9.59 Å². The first-order valence-electron chi connectivity index (χ1n) is 7.28. The first-order chi connectivity index (χ1) is 10.1. The molecule has 0 amide bonds. The molecule has 1 aromatic heterocycles. The summed E-state index contributed by atoms with van der Waals surface area (Å²) in [4.78, 5) is 25.8. The van der Waals surface area contributed by atoms with Crippen LogP contribution in [0.1, 0.15) is 23.4 Å². The van der Waals surface area contributed by atoms with Crippen molar-refractivity contribution in [2.24, 2.45) is 0 Å². The van der Waals surface area contributed by atoms with Gasteiger partial charge in [-0.05, 0) is 26.3 Å². The molecule has 1 atom stereocenters. The molecule has 0 aliphatic carbocycles. The molecule has 1 aromatic rings. The molecule has 0 spiro atoms. The molecular weight excluding hydrogens is 274 g/mol. The smallest absolute Gasteiger partial charge is 0.290 e. The van der Waals surface area contributed by atoms with E-state index in [0.717, 1.165) is 30.7 Å². The fourth-order valence-electron chi connectivity index (χ4n) is 2.56. The zero-order chi connectivity index (χ0) is 15.2. The Hall–Kier alpha value is -1.44. The maximum Gasteiger partial charge on any atom is 0.290 e. The molecule has 0 radical (unpaired) electrons. The number of aromatic nitrogens is 1. The van der Waals surface area contributed by atoms with Crippen LogP contribution in [0.4, 0.5) is 0 Å². The van der Waals surface area contributed by atoms with Gasteiger partial charge in [0.15, 0.2) is 0 Å². The highest BCUT2D eigenvalue weighted by atomic mass is 16.5. The molecular formula is C14H23N3O4. The lowest BCUT2D eigenvalue weighted by atomic mass is 10.2. The van der Waals surface area contributed by atoms with Crippen molar-refractivity contribution in [3.8, 4) is 0 Å². The predicted molar refractivity (Wildman–Crippen MR) is 77.7 cm³/mol. The molecule has 1 saturated heterocycles. The lowest BCUT2D eigenvalue weighted by molar-refractivity contribution is 0.0679. The third-order valence-electron chi connectivity index (χ3n) is 3.60. The van der Waals surface area contributed by atoms with Crippen LogP contribution in [0.3, 0.4) is 0 Å². The second-order valence-electron chi connectivity index (χ2n) is 5.39. The Labute approximate surface area is 123 Å². The van der Waals surface area contributed by atoms with Gasteiger partial charge in [0, 0.05) is 32.3 Å². The van der Waals surface area contributed by atoms with Crippen molar-refractivity contribution in [1.82, 2.24) is 15.0 Å². The third kappa shape index (κ3) is 4.52. The molecule has 1 aliphatic heterocycles. The first kappa shape index (κ1) is 15.9. The summed E-state index contributed by atoms with van der Waals surface area (Å²) in [6.07, 6.45) is 2.27. The number of rotatable bonds is 7. The summed E-state index contributed by atoms with van der Waals surface area (Å²) < 4.78 is 11.0. The monoisotopic (exact) mass is 297 g/mol. The zero-order valence-electron chi connectivity index (χ0n) is 12.6. The molecule has 2 heterocycles. The molecule has 1 aliphatic rings. The number of hydrogen-bond donors (Lipinski definition) is 1. The van der Waals surface area contributed by atoms with E-state index >= 15 is 0 Å². The van der Waals surface area contributed by atoms with Gasteiger partial charge in [0.2, 0.25) is 0 Å². The molecule has 0 saturated carbocycles.